The summed E-state index contributed by atoms with van der Waals surface area (Å²) in [6.07, 6.45) is 1.42. The average molecular weight is 499 g/mol. The summed E-state index contributed by atoms with van der Waals surface area (Å²) >= 11 is 0. The fourth-order valence-corrected chi connectivity index (χ4v) is 3.93. The fourth-order valence-electron chi connectivity index (χ4n) is 3.93. The summed E-state index contributed by atoms with van der Waals surface area (Å²) in [5.41, 5.74) is 1.81. The maximum Gasteiger partial charge on any atom is 0.331 e. The molecule has 0 aliphatic heterocycles. The molecule has 0 saturated heterocycles. The van der Waals surface area contributed by atoms with Gasteiger partial charge in [-0.2, -0.15) is 0 Å². The molecule has 4 aromatic rings. The molecule has 3 aromatic carbocycles. The highest BCUT2D eigenvalue weighted by Gasteiger charge is 2.31. The van der Waals surface area contributed by atoms with Gasteiger partial charge < -0.3 is 14.4 Å². The highest BCUT2D eigenvalue weighted by Crippen LogP contribution is 2.34. The molecule has 4 rings (SSSR count). The van der Waals surface area contributed by atoms with Gasteiger partial charge >= 0.3 is 11.7 Å². The summed E-state index contributed by atoms with van der Waals surface area (Å²) in [5.74, 6) is 1.13. The number of hydrogen-bond acceptors (Lipinski definition) is 6. The van der Waals surface area contributed by atoms with E-state index in [0.29, 0.717) is 17.2 Å². The van der Waals surface area contributed by atoms with Crippen LogP contribution in [0.25, 0.3) is 0 Å². The van der Waals surface area contributed by atoms with E-state index in [4.69, 9.17) is 9.47 Å². The molecule has 0 aliphatic carbocycles. The molecule has 0 N–H and O–H groups in total. The number of ether oxygens (including phenoxy) is 2. The highest BCUT2D eigenvalue weighted by atomic mass is 16.6. The number of methoxy groups -OCH3 is 2. The Hall–Kier alpha value is -4.92. The van der Waals surface area contributed by atoms with Crippen LogP contribution in [0, 0.1) is 10.1 Å². The van der Waals surface area contributed by atoms with Gasteiger partial charge in [0.05, 0.1) is 31.4 Å². The molecule has 9 heteroatoms. The second kappa shape index (κ2) is 11.7. The van der Waals surface area contributed by atoms with E-state index in [1.165, 1.54) is 30.3 Å². The van der Waals surface area contributed by atoms with Crippen molar-refractivity contribution in [3.05, 3.63) is 118 Å². The summed E-state index contributed by atoms with van der Waals surface area (Å²) in [4.78, 5) is 32.8. The second-order valence-corrected chi connectivity index (χ2v) is 8.07. The third-order valence-corrected chi connectivity index (χ3v) is 5.74. The van der Waals surface area contributed by atoms with Crippen molar-refractivity contribution in [2.24, 2.45) is 0 Å². The third kappa shape index (κ3) is 5.84. The molecule has 0 aliphatic rings. The normalized spacial score (nSPS) is 10.4. The third-order valence-electron chi connectivity index (χ3n) is 5.74. The number of nitro groups is 1. The molecule has 37 heavy (non-hydrogen) atoms. The standard InChI is InChI=1S/C28H26N4O5/c1-36-24-16-14-23(15-17-24)31(27-25(32(34)35)12-8-18-29-27)28(33)30(19-21-9-4-3-5-10-21)20-22-11-6-7-13-26(22)37-2/h3-18H,19-20H2,1-2H3. The Balaban J connectivity index is 1.83. The fraction of sp³-hybridized carbons (Fsp3) is 0.143. The molecule has 0 atom stereocenters. The predicted octanol–water partition coefficient (Wildman–Crippen LogP) is 5.97. The van der Waals surface area contributed by atoms with Crippen molar-refractivity contribution in [1.82, 2.24) is 9.88 Å². The van der Waals surface area contributed by atoms with Crippen LogP contribution >= 0.6 is 0 Å². The zero-order valence-electron chi connectivity index (χ0n) is 20.5. The van der Waals surface area contributed by atoms with Crippen LogP contribution in [0.2, 0.25) is 0 Å². The van der Waals surface area contributed by atoms with E-state index in [-0.39, 0.29) is 24.6 Å². The summed E-state index contributed by atoms with van der Waals surface area (Å²) < 4.78 is 10.8. The monoisotopic (exact) mass is 498 g/mol. The van der Waals surface area contributed by atoms with Gasteiger partial charge in [0.15, 0.2) is 0 Å². The SMILES string of the molecule is COc1ccc(N(C(=O)N(Cc2ccccc2)Cc2ccccc2OC)c2ncccc2[N+](=O)[O-])cc1. The zero-order chi connectivity index (χ0) is 26.2. The minimum atomic E-state index is -0.548. The average Bonchev–Trinajstić information content (AvgIpc) is 2.94. The second-order valence-electron chi connectivity index (χ2n) is 8.07. The molecule has 188 valence electrons. The van der Waals surface area contributed by atoms with Gasteiger partial charge in [-0.1, -0.05) is 48.5 Å². The number of carbonyl (C=O) groups excluding carboxylic acids is 1. The molecule has 0 radical (unpaired) electrons. The van der Waals surface area contributed by atoms with E-state index < -0.39 is 11.0 Å². The molecule has 2 amide bonds. The number of urea groups is 1. The molecular weight excluding hydrogens is 472 g/mol. The maximum absolute atomic E-state index is 14.3. The molecular formula is C28H26N4O5. The first-order chi connectivity index (χ1) is 18.0. The zero-order valence-corrected chi connectivity index (χ0v) is 20.5. The first kappa shape index (κ1) is 25.2. The number of rotatable bonds is 9. The number of para-hydroxylation sites is 1. The molecule has 0 fully saturated rings. The van der Waals surface area contributed by atoms with E-state index in [2.05, 4.69) is 4.98 Å². The van der Waals surface area contributed by atoms with Crippen molar-refractivity contribution in [1.29, 1.82) is 0 Å². The van der Waals surface area contributed by atoms with E-state index in [1.54, 1.807) is 36.3 Å². The number of amides is 2. The van der Waals surface area contributed by atoms with Gasteiger partial charge in [-0.3, -0.25) is 10.1 Å². The van der Waals surface area contributed by atoms with Crippen molar-refractivity contribution >= 4 is 23.2 Å². The Morgan fingerprint density at radius 2 is 1.57 bits per heavy atom. The summed E-state index contributed by atoms with van der Waals surface area (Å²) in [6, 6.07) is 26.0. The first-order valence-electron chi connectivity index (χ1n) is 11.5. The number of pyridine rings is 1. The van der Waals surface area contributed by atoms with E-state index in [9.17, 15) is 14.9 Å². The van der Waals surface area contributed by atoms with Gasteiger partial charge in [-0.15, -0.1) is 0 Å². The van der Waals surface area contributed by atoms with Gasteiger partial charge in [0.25, 0.3) is 0 Å². The predicted molar refractivity (Wildman–Crippen MR) is 140 cm³/mol. The van der Waals surface area contributed by atoms with Crippen LogP contribution in [0.5, 0.6) is 11.5 Å². The lowest BCUT2D eigenvalue weighted by atomic mass is 10.1. The van der Waals surface area contributed by atoms with Gasteiger partial charge in [0.2, 0.25) is 5.82 Å². The van der Waals surface area contributed by atoms with Crippen LogP contribution in [0.3, 0.4) is 0 Å². The van der Waals surface area contributed by atoms with Gasteiger partial charge in [0, 0.05) is 24.4 Å². The van der Waals surface area contributed by atoms with Crippen LogP contribution in [0.1, 0.15) is 11.1 Å². The Kier molecular flexibility index (Phi) is 7.95. The highest BCUT2D eigenvalue weighted by molar-refractivity contribution is 6.00. The summed E-state index contributed by atoms with van der Waals surface area (Å²) in [7, 11) is 3.11. The first-order valence-corrected chi connectivity index (χ1v) is 11.5. The smallest absolute Gasteiger partial charge is 0.331 e. The van der Waals surface area contributed by atoms with Crippen molar-refractivity contribution in [2.45, 2.75) is 13.1 Å². The molecule has 0 saturated carbocycles. The number of nitrogens with zero attached hydrogens (tertiary/aromatic N) is 4. The Bertz CT molecular complexity index is 1360. The number of benzene rings is 3. The van der Waals surface area contributed by atoms with Crippen molar-refractivity contribution in [3.8, 4) is 11.5 Å². The Morgan fingerprint density at radius 1 is 0.865 bits per heavy atom. The number of anilines is 2. The molecule has 1 aromatic heterocycles. The minimum Gasteiger partial charge on any atom is -0.497 e. The quantitative estimate of drug-likeness (QED) is 0.208. The van der Waals surface area contributed by atoms with E-state index in [0.717, 1.165) is 11.1 Å². The van der Waals surface area contributed by atoms with E-state index in [1.807, 2.05) is 54.6 Å². The largest absolute Gasteiger partial charge is 0.497 e. The van der Waals surface area contributed by atoms with Crippen molar-refractivity contribution in [2.75, 3.05) is 19.1 Å². The number of aromatic nitrogens is 1. The lowest BCUT2D eigenvalue weighted by Crippen LogP contribution is -2.40. The van der Waals surface area contributed by atoms with Crippen LogP contribution in [0.15, 0.2) is 97.2 Å². The lowest BCUT2D eigenvalue weighted by Gasteiger charge is -2.30. The summed E-state index contributed by atoms with van der Waals surface area (Å²) in [5, 5.41) is 11.9. The van der Waals surface area contributed by atoms with Crippen molar-refractivity contribution in [3.63, 3.8) is 0 Å². The van der Waals surface area contributed by atoms with Crippen LogP contribution in [-0.4, -0.2) is 35.1 Å². The van der Waals surface area contributed by atoms with Crippen LogP contribution < -0.4 is 14.4 Å². The molecule has 0 unspecified atom stereocenters. The summed E-state index contributed by atoms with van der Waals surface area (Å²) in [6.45, 7) is 0.454. The maximum atomic E-state index is 14.3. The topological polar surface area (TPSA) is 98.0 Å². The molecule has 0 spiro atoms. The van der Waals surface area contributed by atoms with Crippen LogP contribution in [0.4, 0.5) is 22.0 Å². The number of carbonyl (C=O) groups is 1. The van der Waals surface area contributed by atoms with Crippen LogP contribution in [-0.2, 0) is 13.1 Å². The molecule has 1 heterocycles. The molecule has 9 nitrogen and oxygen atoms in total. The van der Waals surface area contributed by atoms with Gasteiger partial charge in [-0.05, 0) is 42.0 Å². The Morgan fingerprint density at radius 3 is 2.24 bits per heavy atom. The molecule has 0 bridgehead atoms. The van der Waals surface area contributed by atoms with E-state index >= 15 is 0 Å². The van der Waals surface area contributed by atoms with Gasteiger partial charge in [0.1, 0.15) is 11.5 Å². The lowest BCUT2D eigenvalue weighted by molar-refractivity contribution is -0.384. The van der Waals surface area contributed by atoms with Gasteiger partial charge in [-0.25, -0.2) is 14.7 Å². The van der Waals surface area contributed by atoms with Crippen molar-refractivity contribution < 1.29 is 19.2 Å². The minimum absolute atomic E-state index is 0.0826. The number of hydrogen-bond donors (Lipinski definition) is 0. The Labute approximate surface area is 214 Å².